The molecule has 2 saturated heterocycles. The first-order chi connectivity index (χ1) is 21.1. The van der Waals surface area contributed by atoms with Gasteiger partial charge in [-0.05, 0) is 86.8 Å². The van der Waals surface area contributed by atoms with Gasteiger partial charge in [0.25, 0.3) is 5.91 Å². The lowest BCUT2D eigenvalue weighted by Gasteiger charge is -2.55. The van der Waals surface area contributed by atoms with E-state index < -0.39 is 28.9 Å². The minimum atomic E-state index is -1.50. The van der Waals surface area contributed by atoms with Crippen molar-refractivity contribution in [2.45, 2.75) is 23.5 Å². The monoisotopic (exact) mass is 672 g/mol. The van der Waals surface area contributed by atoms with Gasteiger partial charge >= 0.3 is 0 Å². The molecule has 3 unspecified atom stereocenters. The number of carbonyl (C=O) groups is 2. The van der Waals surface area contributed by atoms with Gasteiger partial charge in [0.2, 0.25) is 11.5 Å². The average Bonchev–Trinajstić information content (AvgIpc) is 3.50. The largest absolute Gasteiger partial charge is 0.273 e. The van der Waals surface area contributed by atoms with Crippen LogP contribution >= 0.6 is 22.6 Å². The Kier molecular flexibility index (Phi) is 5.21. The maximum Gasteiger partial charge on any atom is 0.271 e. The summed E-state index contributed by atoms with van der Waals surface area (Å²) in [6, 6.07) is 43.6. The van der Waals surface area contributed by atoms with E-state index in [1.54, 1.807) is 0 Å². The van der Waals surface area contributed by atoms with Crippen molar-refractivity contribution in [1.29, 1.82) is 0 Å². The second-order valence-corrected chi connectivity index (χ2v) is 13.0. The van der Waals surface area contributed by atoms with Gasteiger partial charge in [0.15, 0.2) is 0 Å². The highest BCUT2D eigenvalue weighted by Gasteiger charge is 2.87. The molecule has 5 aromatic carbocycles. The molecule has 2 heterocycles. The van der Waals surface area contributed by atoms with Gasteiger partial charge in [0.1, 0.15) is 11.5 Å². The SMILES string of the molecule is O=C1N(c2ccc(I)cc2)C(=O)C23C4c5ccccc5C(c5ccccc54)C12ON(c1ccccc1)C3c1ccccc1. The highest BCUT2D eigenvalue weighted by Crippen LogP contribution is 2.77. The Bertz CT molecular complexity index is 1900. The summed E-state index contributed by atoms with van der Waals surface area (Å²) in [5, 5.41) is 1.87. The Morgan fingerprint density at radius 3 is 1.65 bits per heavy atom. The summed E-state index contributed by atoms with van der Waals surface area (Å²) in [5.41, 5.74) is 3.80. The standard InChI is InChI=1S/C37H25IN2O3/c38-24-19-21-25(22-20-24)39-34(41)36-31-27-15-7-9-17-29(27)32(30-18-10-8-16-28(30)31)37(36,35(39)42)43-40(26-13-5-2-6-14-26)33(36)23-11-3-1-4-12-23/h1-22,31-33H. The number of nitrogens with zero attached hydrogens (tertiary/aromatic N) is 2. The smallest absolute Gasteiger partial charge is 0.271 e. The van der Waals surface area contributed by atoms with Gasteiger partial charge in [-0.15, -0.1) is 0 Å². The fourth-order valence-corrected chi connectivity index (χ4v) is 8.85. The normalized spacial score (nSPS) is 28.0. The van der Waals surface area contributed by atoms with E-state index in [0.717, 1.165) is 37.1 Å². The molecule has 3 aliphatic carbocycles. The van der Waals surface area contributed by atoms with E-state index in [1.807, 2.05) is 102 Å². The quantitative estimate of drug-likeness (QED) is 0.148. The van der Waals surface area contributed by atoms with E-state index in [0.29, 0.717) is 5.69 Å². The molecule has 6 heteroatoms. The van der Waals surface area contributed by atoms with Crippen LogP contribution in [0, 0.1) is 8.99 Å². The number of imide groups is 1. The van der Waals surface area contributed by atoms with Crippen LogP contribution in [0.4, 0.5) is 11.4 Å². The van der Waals surface area contributed by atoms with Crippen LogP contribution in [0.25, 0.3) is 0 Å². The van der Waals surface area contributed by atoms with Crippen molar-refractivity contribution in [2.75, 3.05) is 9.96 Å². The lowest BCUT2D eigenvalue weighted by molar-refractivity contribution is -0.153. The molecule has 0 aromatic heterocycles. The molecule has 2 aliphatic heterocycles. The van der Waals surface area contributed by atoms with Gasteiger partial charge in [-0.3, -0.25) is 14.4 Å². The number of amides is 2. The lowest BCUT2D eigenvalue weighted by Crippen LogP contribution is -2.63. The summed E-state index contributed by atoms with van der Waals surface area (Å²) in [5.74, 6) is -1.41. The van der Waals surface area contributed by atoms with Crippen molar-refractivity contribution >= 4 is 45.8 Å². The number of hydrogen-bond acceptors (Lipinski definition) is 4. The maximum absolute atomic E-state index is 15.6. The van der Waals surface area contributed by atoms with Crippen molar-refractivity contribution in [1.82, 2.24) is 0 Å². The van der Waals surface area contributed by atoms with Gasteiger partial charge in [0, 0.05) is 9.49 Å². The third-order valence-electron chi connectivity index (χ3n) is 9.91. The molecular formula is C37H25IN2O3. The molecule has 2 amide bonds. The molecule has 2 fully saturated rings. The Morgan fingerprint density at radius 1 is 0.558 bits per heavy atom. The molecule has 0 N–H and O–H groups in total. The van der Waals surface area contributed by atoms with E-state index in [2.05, 4.69) is 59.0 Å². The van der Waals surface area contributed by atoms with Crippen LogP contribution in [-0.2, 0) is 14.4 Å². The number of para-hydroxylation sites is 1. The van der Waals surface area contributed by atoms with Crippen molar-refractivity contribution in [2.24, 2.45) is 5.41 Å². The summed E-state index contributed by atoms with van der Waals surface area (Å²) < 4.78 is 1.03. The third kappa shape index (κ3) is 2.95. The number of anilines is 2. The average molecular weight is 673 g/mol. The molecular weight excluding hydrogens is 647 g/mol. The summed E-state index contributed by atoms with van der Waals surface area (Å²) in [6.07, 6.45) is 0. The Morgan fingerprint density at radius 2 is 1.07 bits per heavy atom. The number of benzene rings is 5. The van der Waals surface area contributed by atoms with E-state index in [9.17, 15) is 0 Å². The summed E-state index contributed by atoms with van der Waals surface area (Å²) in [6.45, 7) is 0. The minimum absolute atomic E-state index is 0.218. The molecule has 5 nitrogen and oxygen atoms in total. The van der Waals surface area contributed by atoms with Crippen molar-refractivity contribution in [3.8, 4) is 0 Å². The molecule has 0 radical (unpaired) electrons. The zero-order valence-corrected chi connectivity index (χ0v) is 25.1. The van der Waals surface area contributed by atoms with Gasteiger partial charge < -0.3 is 0 Å². The second kappa shape index (κ2) is 8.88. The van der Waals surface area contributed by atoms with Crippen molar-refractivity contribution < 1.29 is 14.4 Å². The molecule has 208 valence electrons. The first kappa shape index (κ1) is 25.2. The van der Waals surface area contributed by atoms with Crippen LogP contribution in [0.5, 0.6) is 0 Å². The number of hydrogen-bond donors (Lipinski definition) is 0. The van der Waals surface area contributed by atoms with E-state index in [1.165, 1.54) is 4.90 Å². The zero-order valence-electron chi connectivity index (χ0n) is 22.9. The molecule has 0 spiro atoms. The minimum Gasteiger partial charge on any atom is -0.273 e. The number of carbonyl (C=O) groups excluding carboxylic acids is 2. The van der Waals surface area contributed by atoms with Crippen molar-refractivity contribution in [3.05, 3.63) is 165 Å². The molecule has 5 aromatic rings. The van der Waals surface area contributed by atoms with Gasteiger partial charge in [0.05, 0.1) is 17.3 Å². The Balaban J connectivity index is 1.43. The molecule has 3 atom stereocenters. The molecule has 43 heavy (non-hydrogen) atoms. The number of halogens is 1. The molecule has 10 rings (SSSR count). The lowest BCUT2D eigenvalue weighted by atomic mass is 9.43. The van der Waals surface area contributed by atoms with Gasteiger partial charge in [-0.25, -0.2) is 9.96 Å². The highest BCUT2D eigenvalue weighted by molar-refractivity contribution is 14.1. The maximum atomic E-state index is 15.6. The van der Waals surface area contributed by atoms with E-state index in [-0.39, 0.29) is 11.8 Å². The van der Waals surface area contributed by atoms with Crippen molar-refractivity contribution in [3.63, 3.8) is 0 Å². The van der Waals surface area contributed by atoms with Crippen LogP contribution in [0.1, 0.15) is 45.7 Å². The zero-order chi connectivity index (χ0) is 28.9. The van der Waals surface area contributed by atoms with Crippen LogP contribution in [0.15, 0.2) is 133 Å². The molecule has 0 saturated carbocycles. The summed E-state index contributed by atoms with van der Waals surface area (Å²) in [4.78, 5) is 39.6. The predicted molar refractivity (Wildman–Crippen MR) is 173 cm³/mol. The fraction of sp³-hybridized carbons (Fsp3) is 0.135. The van der Waals surface area contributed by atoms with E-state index >= 15 is 9.59 Å². The van der Waals surface area contributed by atoms with Gasteiger partial charge in [-0.1, -0.05) is 97.1 Å². The first-order valence-corrected chi connectivity index (χ1v) is 15.6. The Labute approximate surface area is 262 Å². The van der Waals surface area contributed by atoms with Crippen LogP contribution in [-0.4, -0.2) is 17.4 Å². The summed E-state index contributed by atoms with van der Waals surface area (Å²) >= 11 is 2.24. The third-order valence-corrected chi connectivity index (χ3v) is 10.6. The number of hydroxylamine groups is 1. The summed E-state index contributed by atoms with van der Waals surface area (Å²) in [7, 11) is 0. The number of rotatable bonds is 3. The second-order valence-electron chi connectivity index (χ2n) is 11.7. The molecule has 2 bridgehead atoms. The van der Waals surface area contributed by atoms with Crippen LogP contribution < -0.4 is 9.96 Å². The van der Waals surface area contributed by atoms with Gasteiger partial charge in [-0.2, -0.15) is 0 Å². The highest BCUT2D eigenvalue weighted by atomic mass is 127. The van der Waals surface area contributed by atoms with Crippen LogP contribution in [0.2, 0.25) is 0 Å². The Hall–Kier alpha value is -4.27. The fourth-order valence-electron chi connectivity index (χ4n) is 8.49. The molecule has 5 aliphatic rings. The topological polar surface area (TPSA) is 49.9 Å². The predicted octanol–water partition coefficient (Wildman–Crippen LogP) is 7.37. The first-order valence-electron chi connectivity index (χ1n) is 14.5. The van der Waals surface area contributed by atoms with Crippen LogP contribution in [0.3, 0.4) is 0 Å². The van der Waals surface area contributed by atoms with E-state index in [4.69, 9.17) is 4.84 Å².